The van der Waals surface area contributed by atoms with Crippen molar-refractivity contribution in [3.05, 3.63) is 66.2 Å². The van der Waals surface area contributed by atoms with Gasteiger partial charge in [0.25, 0.3) is 0 Å². The van der Waals surface area contributed by atoms with Crippen LogP contribution in [0.1, 0.15) is 37.3 Å². The van der Waals surface area contributed by atoms with E-state index >= 15 is 0 Å². The highest BCUT2D eigenvalue weighted by atomic mass is 19.1. The molecular formula is C27H29FN6O. The highest BCUT2D eigenvalue weighted by Crippen LogP contribution is 2.33. The summed E-state index contributed by atoms with van der Waals surface area (Å²) >= 11 is 0. The molecule has 0 atom stereocenters. The molecule has 35 heavy (non-hydrogen) atoms. The number of ether oxygens (including phenoxy) is 1. The van der Waals surface area contributed by atoms with Crippen LogP contribution < -0.4 is 10.2 Å². The zero-order valence-corrected chi connectivity index (χ0v) is 19.7. The molecule has 1 saturated heterocycles. The molecule has 0 bridgehead atoms. The van der Waals surface area contributed by atoms with Crippen LogP contribution in [0.15, 0.2) is 54.9 Å². The monoisotopic (exact) mass is 472 g/mol. The molecule has 4 aromatic rings. The first-order chi connectivity index (χ1) is 17.2. The van der Waals surface area contributed by atoms with Crippen molar-refractivity contribution in [1.82, 2.24) is 19.5 Å². The predicted octanol–water partition coefficient (Wildman–Crippen LogP) is 5.20. The Labute approximate surface area is 204 Å². The number of rotatable bonds is 6. The Hall–Kier alpha value is -3.52. The quantitative estimate of drug-likeness (QED) is 0.416. The average molecular weight is 473 g/mol. The predicted molar refractivity (Wildman–Crippen MR) is 135 cm³/mol. The minimum absolute atomic E-state index is 0.228. The van der Waals surface area contributed by atoms with Crippen molar-refractivity contribution < 1.29 is 9.13 Å². The molecule has 180 valence electrons. The van der Waals surface area contributed by atoms with Gasteiger partial charge >= 0.3 is 0 Å². The SMILES string of the molecule is Fc1cccc(-c2ccc(CNc3nc(N4CCOCC4)nc4c3ncn4C3CCCC3)cc2)c1. The van der Waals surface area contributed by atoms with Gasteiger partial charge in [0, 0.05) is 25.7 Å². The number of imidazole rings is 1. The highest BCUT2D eigenvalue weighted by Gasteiger charge is 2.23. The van der Waals surface area contributed by atoms with E-state index in [9.17, 15) is 4.39 Å². The summed E-state index contributed by atoms with van der Waals surface area (Å²) < 4.78 is 21.4. The van der Waals surface area contributed by atoms with E-state index in [1.165, 1.54) is 31.7 Å². The van der Waals surface area contributed by atoms with E-state index in [4.69, 9.17) is 19.7 Å². The molecular weight excluding hydrogens is 443 g/mol. The number of hydrogen-bond acceptors (Lipinski definition) is 6. The third kappa shape index (κ3) is 4.58. The third-order valence-electron chi connectivity index (χ3n) is 6.99. The molecule has 7 nitrogen and oxygen atoms in total. The van der Waals surface area contributed by atoms with Crippen molar-refractivity contribution in [1.29, 1.82) is 0 Å². The van der Waals surface area contributed by atoms with Crippen LogP contribution in [0, 0.1) is 5.82 Å². The number of morpholine rings is 1. The van der Waals surface area contributed by atoms with Crippen molar-refractivity contribution in [3.63, 3.8) is 0 Å². The zero-order valence-electron chi connectivity index (χ0n) is 19.7. The molecule has 8 heteroatoms. The summed E-state index contributed by atoms with van der Waals surface area (Å²) in [4.78, 5) is 16.8. The van der Waals surface area contributed by atoms with Gasteiger partial charge in [0.1, 0.15) is 5.82 Å². The van der Waals surface area contributed by atoms with Crippen LogP contribution in [-0.4, -0.2) is 45.8 Å². The van der Waals surface area contributed by atoms with E-state index < -0.39 is 0 Å². The summed E-state index contributed by atoms with van der Waals surface area (Å²) in [6, 6.07) is 15.3. The van der Waals surface area contributed by atoms with E-state index in [1.807, 2.05) is 24.5 Å². The maximum absolute atomic E-state index is 13.6. The number of benzene rings is 2. The first kappa shape index (κ1) is 22.0. The molecule has 1 N–H and O–H groups in total. The summed E-state index contributed by atoms with van der Waals surface area (Å²) in [6.45, 7) is 3.54. The van der Waals surface area contributed by atoms with Crippen molar-refractivity contribution in [2.45, 2.75) is 38.3 Å². The Morgan fingerprint density at radius 2 is 1.77 bits per heavy atom. The van der Waals surface area contributed by atoms with Gasteiger partial charge < -0.3 is 19.5 Å². The summed E-state index contributed by atoms with van der Waals surface area (Å²) in [5.74, 6) is 1.25. The second kappa shape index (κ2) is 9.62. The third-order valence-corrected chi connectivity index (χ3v) is 6.99. The van der Waals surface area contributed by atoms with Crippen LogP contribution in [0.25, 0.3) is 22.3 Å². The summed E-state index contributed by atoms with van der Waals surface area (Å²) in [5.41, 5.74) is 4.68. The number of hydrogen-bond donors (Lipinski definition) is 1. The fourth-order valence-electron chi connectivity index (χ4n) is 5.05. The van der Waals surface area contributed by atoms with Crippen LogP contribution in [0.2, 0.25) is 0 Å². The van der Waals surface area contributed by atoms with Crippen molar-refractivity contribution in [3.8, 4) is 11.1 Å². The molecule has 0 radical (unpaired) electrons. The van der Waals surface area contributed by atoms with Crippen LogP contribution in [-0.2, 0) is 11.3 Å². The van der Waals surface area contributed by atoms with Crippen LogP contribution in [0.4, 0.5) is 16.2 Å². The van der Waals surface area contributed by atoms with Gasteiger partial charge in [-0.15, -0.1) is 0 Å². The fourth-order valence-corrected chi connectivity index (χ4v) is 5.05. The maximum atomic E-state index is 13.6. The molecule has 1 aliphatic heterocycles. The molecule has 2 aromatic heterocycles. The lowest BCUT2D eigenvalue weighted by Gasteiger charge is -2.27. The lowest BCUT2D eigenvalue weighted by atomic mass is 10.0. The van der Waals surface area contributed by atoms with E-state index in [2.05, 4.69) is 26.9 Å². The molecule has 1 aliphatic carbocycles. The number of halogens is 1. The van der Waals surface area contributed by atoms with Crippen LogP contribution in [0.5, 0.6) is 0 Å². The Morgan fingerprint density at radius 1 is 0.971 bits per heavy atom. The molecule has 3 heterocycles. The second-order valence-electron chi connectivity index (χ2n) is 9.29. The van der Waals surface area contributed by atoms with E-state index in [-0.39, 0.29) is 5.82 Å². The smallest absolute Gasteiger partial charge is 0.229 e. The largest absolute Gasteiger partial charge is 0.378 e. The molecule has 1 saturated carbocycles. The minimum atomic E-state index is -0.228. The standard InChI is InChI=1S/C27H29FN6O/c28-22-5-3-4-21(16-22)20-10-8-19(9-11-20)17-29-25-24-26(34(18-30-24)23-6-1-2-7-23)32-27(31-25)33-12-14-35-15-13-33/h3-5,8-11,16,18,23H,1-2,6-7,12-15,17H2,(H,29,31,32). The lowest BCUT2D eigenvalue weighted by molar-refractivity contribution is 0.122. The molecule has 2 aliphatic rings. The van der Waals surface area contributed by atoms with Crippen LogP contribution in [0.3, 0.4) is 0 Å². The van der Waals surface area contributed by atoms with E-state index in [0.29, 0.717) is 25.8 Å². The van der Waals surface area contributed by atoms with Gasteiger partial charge in [-0.3, -0.25) is 0 Å². The number of anilines is 2. The summed E-state index contributed by atoms with van der Waals surface area (Å²) in [6.07, 6.45) is 6.77. The highest BCUT2D eigenvalue weighted by molar-refractivity contribution is 5.84. The van der Waals surface area contributed by atoms with Gasteiger partial charge in [0.2, 0.25) is 5.95 Å². The Kier molecular flexibility index (Phi) is 6.04. The van der Waals surface area contributed by atoms with E-state index in [1.54, 1.807) is 12.1 Å². The molecule has 6 rings (SSSR count). The Bertz CT molecular complexity index is 1310. The van der Waals surface area contributed by atoms with Gasteiger partial charge in [0.05, 0.1) is 19.5 Å². The van der Waals surface area contributed by atoms with Gasteiger partial charge in [0.15, 0.2) is 17.0 Å². The minimum Gasteiger partial charge on any atom is -0.378 e. The van der Waals surface area contributed by atoms with E-state index in [0.717, 1.165) is 52.7 Å². The Balaban J connectivity index is 1.28. The first-order valence-electron chi connectivity index (χ1n) is 12.4. The molecule has 2 fully saturated rings. The molecule has 2 aromatic carbocycles. The van der Waals surface area contributed by atoms with Crippen LogP contribution >= 0.6 is 0 Å². The van der Waals surface area contributed by atoms with Crippen molar-refractivity contribution in [2.75, 3.05) is 36.5 Å². The van der Waals surface area contributed by atoms with Gasteiger partial charge in [-0.05, 0) is 41.7 Å². The fraction of sp³-hybridized carbons (Fsp3) is 0.370. The van der Waals surface area contributed by atoms with Gasteiger partial charge in [-0.2, -0.15) is 9.97 Å². The van der Waals surface area contributed by atoms with Crippen molar-refractivity contribution in [2.24, 2.45) is 0 Å². The number of aromatic nitrogens is 4. The summed E-state index contributed by atoms with van der Waals surface area (Å²) in [7, 11) is 0. The normalized spacial score (nSPS) is 16.8. The molecule has 0 amide bonds. The van der Waals surface area contributed by atoms with Crippen molar-refractivity contribution >= 4 is 22.9 Å². The number of fused-ring (bicyclic) bond motifs is 1. The number of nitrogens with zero attached hydrogens (tertiary/aromatic N) is 5. The zero-order chi connectivity index (χ0) is 23.6. The molecule has 0 unspecified atom stereocenters. The second-order valence-corrected chi connectivity index (χ2v) is 9.29. The van der Waals surface area contributed by atoms with Gasteiger partial charge in [-0.1, -0.05) is 49.2 Å². The first-order valence-corrected chi connectivity index (χ1v) is 12.4. The van der Waals surface area contributed by atoms with Gasteiger partial charge in [-0.25, -0.2) is 9.37 Å². The average Bonchev–Trinajstić information content (AvgIpc) is 3.58. The summed E-state index contributed by atoms with van der Waals surface area (Å²) in [5, 5.41) is 3.51. The number of nitrogens with one attached hydrogen (secondary N) is 1. The topological polar surface area (TPSA) is 68.1 Å². The Morgan fingerprint density at radius 3 is 2.54 bits per heavy atom. The molecule has 0 spiro atoms. The lowest BCUT2D eigenvalue weighted by Crippen LogP contribution is -2.37. The maximum Gasteiger partial charge on any atom is 0.229 e.